The van der Waals surface area contributed by atoms with E-state index in [1.165, 1.54) is 6.20 Å². The van der Waals surface area contributed by atoms with Crippen LogP contribution in [0.2, 0.25) is 5.02 Å². The summed E-state index contributed by atoms with van der Waals surface area (Å²) in [5, 5.41) is 4.27. The average Bonchev–Trinajstić information content (AvgIpc) is 2.75. The molecule has 0 amide bonds. The molecule has 2 rings (SSSR count). The first-order valence-corrected chi connectivity index (χ1v) is 5.87. The predicted molar refractivity (Wildman–Crippen MR) is 64.1 cm³/mol. The molecule has 0 aliphatic carbocycles. The summed E-state index contributed by atoms with van der Waals surface area (Å²) in [6.07, 6.45) is 1.78. The minimum atomic E-state index is 0.000697. The fourth-order valence-corrected chi connectivity index (χ4v) is 2.10. The van der Waals surface area contributed by atoms with E-state index in [-0.39, 0.29) is 5.78 Å². The zero-order valence-corrected chi connectivity index (χ0v) is 10.2. The van der Waals surface area contributed by atoms with Gasteiger partial charge >= 0.3 is 0 Å². The van der Waals surface area contributed by atoms with Crippen molar-refractivity contribution in [3.63, 3.8) is 0 Å². The van der Waals surface area contributed by atoms with Gasteiger partial charge in [-0.1, -0.05) is 28.2 Å². The van der Waals surface area contributed by atoms with Crippen LogP contribution in [0.15, 0.2) is 24.4 Å². The summed E-state index contributed by atoms with van der Waals surface area (Å²) >= 11 is 7.16. The van der Waals surface area contributed by atoms with Gasteiger partial charge in [0.15, 0.2) is 5.78 Å². The van der Waals surface area contributed by atoms with Crippen LogP contribution in [0.3, 0.4) is 0 Å². The SMILES string of the molecule is Cc1ccc(CC(=O)c2cnns2)c(Cl)c1. The highest BCUT2D eigenvalue weighted by atomic mass is 35.5. The number of benzene rings is 1. The Hall–Kier alpha value is -1.26. The Balaban J connectivity index is 2.18. The van der Waals surface area contributed by atoms with Gasteiger partial charge in [0.25, 0.3) is 0 Å². The van der Waals surface area contributed by atoms with Crippen molar-refractivity contribution in [2.45, 2.75) is 13.3 Å². The molecule has 0 N–H and O–H groups in total. The quantitative estimate of drug-likeness (QED) is 0.789. The molecule has 16 heavy (non-hydrogen) atoms. The zero-order chi connectivity index (χ0) is 11.5. The highest BCUT2D eigenvalue weighted by molar-refractivity contribution is 7.07. The highest BCUT2D eigenvalue weighted by Crippen LogP contribution is 2.19. The van der Waals surface area contributed by atoms with Gasteiger partial charge in [0.05, 0.1) is 6.20 Å². The second-order valence-electron chi connectivity index (χ2n) is 3.48. The van der Waals surface area contributed by atoms with Gasteiger partial charge in [-0.05, 0) is 35.6 Å². The lowest BCUT2D eigenvalue weighted by molar-refractivity contribution is 0.0996. The van der Waals surface area contributed by atoms with Crippen molar-refractivity contribution in [2.75, 3.05) is 0 Å². The average molecular weight is 253 g/mol. The van der Waals surface area contributed by atoms with Crippen molar-refractivity contribution in [1.29, 1.82) is 0 Å². The number of carbonyl (C=O) groups excluding carboxylic acids is 1. The molecule has 5 heteroatoms. The standard InChI is InChI=1S/C11H9ClN2OS/c1-7-2-3-8(9(12)4-7)5-10(15)11-6-13-14-16-11/h2-4,6H,5H2,1H3. The Morgan fingerprint density at radius 1 is 1.50 bits per heavy atom. The van der Waals surface area contributed by atoms with Gasteiger partial charge in [0.2, 0.25) is 0 Å². The van der Waals surface area contributed by atoms with Crippen molar-refractivity contribution in [3.8, 4) is 0 Å². The molecule has 0 saturated heterocycles. The summed E-state index contributed by atoms with van der Waals surface area (Å²) in [5.74, 6) is 0.000697. The first kappa shape index (κ1) is 11.2. The smallest absolute Gasteiger partial charge is 0.180 e. The van der Waals surface area contributed by atoms with Gasteiger partial charge in [0, 0.05) is 11.4 Å². The molecule has 0 aliphatic rings. The van der Waals surface area contributed by atoms with Gasteiger partial charge in [0.1, 0.15) is 4.88 Å². The van der Waals surface area contributed by atoms with E-state index < -0.39 is 0 Å². The molecule has 0 radical (unpaired) electrons. The fourth-order valence-electron chi connectivity index (χ4n) is 1.35. The van der Waals surface area contributed by atoms with Crippen molar-refractivity contribution in [2.24, 2.45) is 0 Å². The van der Waals surface area contributed by atoms with Crippen LogP contribution in [0, 0.1) is 6.92 Å². The van der Waals surface area contributed by atoms with Crippen LogP contribution in [0.1, 0.15) is 20.8 Å². The molecule has 1 aromatic carbocycles. The first-order chi connectivity index (χ1) is 7.66. The highest BCUT2D eigenvalue weighted by Gasteiger charge is 2.11. The number of halogens is 1. The van der Waals surface area contributed by atoms with Crippen LogP contribution in [-0.4, -0.2) is 15.4 Å². The fraction of sp³-hybridized carbons (Fsp3) is 0.182. The third kappa shape index (κ3) is 2.46. The van der Waals surface area contributed by atoms with Crippen LogP contribution >= 0.6 is 23.1 Å². The molecule has 82 valence electrons. The summed E-state index contributed by atoms with van der Waals surface area (Å²) in [6.45, 7) is 1.96. The Kier molecular flexibility index (Phi) is 3.31. The van der Waals surface area contributed by atoms with Gasteiger partial charge in [-0.25, -0.2) is 0 Å². The van der Waals surface area contributed by atoms with Crippen LogP contribution in [-0.2, 0) is 6.42 Å². The summed E-state index contributed by atoms with van der Waals surface area (Å²) in [6, 6.07) is 5.68. The summed E-state index contributed by atoms with van der Waals surface area (Å²) in [4.78, 5) is 12.4. The van der Waals surface area contributed by atoms with Crippen molar-refractivity contribution in [3.05, 3.63) is 45.4 Å². The molecule has 3 nitrogen and oxygen atoms in total. The van der Waals surface area contributed by atoms with E-state index in [0.29, 0.717) is 16.3 Å². The summed E-state index contributed by atoms with van der Waals surface area (Å²) in [5.41, 5.74) is 1.92. The second kappa shape index (κ2) is 4.72. The van der Waals surface area contributed by atoms with E-state index in [2.05, 4.69) is 9.59 Å². The van der Waals surface area contributed by atoms with Crippen LogP contribution in [0.5, 0.6) is 0 Å². The lowest BCUT2D eigenvalue weighted by atomic mass is 10.1. The Morgan fingerprint density at radius 3 is 2.94 bits per heavy atom. The van der Waals surface area contributed by atoms with Gasteiger partial charge in [-0.2, -0.15) is 0 Å². The number of ketones is 1. The molecule has 0 unspecified atom stereocenters. The van der Waals surface area contributed by atoms with Gasteiger partial charge in [-0.15, -0.1) is 5.10 Å². The molecule has 0 saturated carbocycles. The Labute approximate surface area is 102 Å². The first-order valence-electron chi connectivity index (χ1n) is 4.72. The summed E-state index contributed by atoms with van der Waals surface area (Å²) < 4.78 is 3.66. The molecule has 1 aromatic heterocycles. The van der Waals surface area contributed by atoms with E-state index >= 15 is 0 Å². The number of aryl methyl sites for hydroxylation is 1. The molecule has 2 aromatic rings. The number of aromatic nitrogens is 2. The van der Waals surface area contributed by atoms with Crippen LogP contribution in [0.25, 0.3) is 0 Å². The van der Waals surface area contributed by atoms with Gasteiger partial charge in [-0.3, -0.25) is 4.79 Å². The number of hydrogen-bond donors (Lipinski definition) is 0. The third-order valence-corrected chi connectivity index (χ3v) is 3.25. The molecular weight excluding hydrogens is 244 g/mol. The lowest BCUT2D eigenvalue weighted by Crippen LogP contribution is -2.01. The van der Waals surface area contributed by atoms with Crippen molar-refractivity contribution < 1.29 is 4.79 Å². The van der Waals surface area contributed by atoms with Gasteiger partial charge < -0.3 is 0 Å². The van der Waals surface area contributed by atoms with E-state index in [0.717, 1.165) is 22.7 Å². The maximum atomic E-state index is 11.8. The third-order valence-electron chi connectivity index (χ3n) is 2.20. The number of carbonyl (C=O) groups is 1. The van der Waals surface area contributed by atoms with Crippen LogP contribution in [0.4, 0.5) is 0 Å². The lowest BCUT2D eigenvalue weighted by Gasteiger charge is -2.03. The number of nitrogens with zero attached hydrogens (tertiary/aromatic N) is 2. The van der Waals surface area contributed by atoms with E-state index in [9.17, 15) is 4.79 Å². The minimum absolute atomic E-state index is 0.000697. The van der Waals surface area contributed by atoms with E-state index in [1.54, 1.807) is 0 Å². The maximum Gasteiger partial charge on any atom is 0.180 e. The van der Waals surface area contributed by atoms with E-state index in [4.69, 9.17) is 11.6 Å². The molecule has 0 spiro atoms. The number of hydrogen-bond acceptors (Lipinski definition) is 4. The van der Waals surface area contributed by atoms with E-state index in [1.807, 2.05) is 25.1 Å². The Bertz CT molecular complexity index is 511. The largest absolute Gasteiger partial charge is 0.293 e. The Morgan fingerprint density at radius 2 is 2.31 bits per heavy atom. The zero-order valence-electron chi connectivity index (χ0n) is 8.61. The number of Topliss-reactive ketones (excluding diaryl/α,β-unsaturated/α-hetero) is 1. The minimum Gasteiger partial charge on any atom is -0.293 e. The van der Waals surface area contributed by atoms with Crippen molar-refractivity contribution >= 4 is 28.9 Å². The van der Waals surface area contributed by atoms with Crippen molar-refractivity contribution in [1.82, 2.24) is 9.59 Å². The van der Waals surface area contributed by atoms with Crippen LogP contribution < -0.4 is 0 Å². The number of rotatable bonds is 3. The monoisotopic (exact) mass is 252 g/mol. The predicted octanol–water partition coefficient (Wildman–Crippen LogP) is 2.93. The molecule has 0 fully saturated rings. The summed E-state index contributed by atoms with van der Waals surface area (Å²) in [7, 11) is 0. The molecule has 0 aliphatic heterocycles. The molecular formula is C11H9ClN2OS. The molecule has 0 atom stereocenters. The molecule has 0 bridgehead atoms. The molecule has 1 heterocycles. The normalized spacial score (nSPS) is 10.4. The topological polar surface area (TPSA) is 42.9 Å². The second-order valence-corrected chi connectivity index (χ2v) is 4.67. The maximum absolute atomic E-state index is 11.8.